The lowest BCUT2D eigenvalue weighted by molar-refractivity contribution is 0.315. The van der Waals surface area contributed by atoms with E-state index in [2.05, 4.69) is 76.7 Å². The van der Waals surface area contributed by atoms with E-state index in [1.54, 1.807) is 6.20 Å². The Bertz CT molecular complexity index is 1040. The summed E-state index contributed by atoms with van der Waals surface area (Å²) in [5, 5.41) is 19.5. The van der Waals surface area contributed by atoms with E-state index in [9.17, 15) is 0 Å². The van der Waals surface area contributed by atoms with Crippen molar-refractivity contribution >= 4 is 48.9 Å². The van der Waals surface area contributed by atoms with Crippen molar-refractivity contribution in [3.63, 3.8) is 0 Å². The van der Waals surface area contributed by atoms with Gasteiger partial charge >= 0.3 is 0 Å². The zero-order chi connectivity index (χ0) is 21.8. The number of nitrogens with one attached hydrogen (secondary N) is 2. The second-order valence-electron chi connectivity index (χ2n) is 7.70. The molecule has 1 aliphatic carbocycles. The SMILES string of the molecule is C=CNc1ccc(NC(c2cc(Br)cc(Br)c2)c2nnnn2C2CCCCC2)cc1N. The summed E-state index contributed by atoms with van der Waals surface area (Å²) in [6.07, 6.45) is 7.50. The molecule has 1 heterocycles. The number of nitrogens with two attached hydrogens (primary N) is 1. The van der Waals surface area contributed by atoms with Crippen molar-refractivity contribution in [2.75, 3.05) is 16.4 Å². The highest BCUT2D eigenvalue weighted by Gasteiger charge is 2.27. The van der Waals surface area contributed by atoms with Gasteiger partial charge in [0.1, 0.15) is 6.04 Å². The first kappa shape index (κ1) is 21.8. The normalized spacial score (nSPS) is 15.4. The third-order valence-corrected chi connectivity index (χ3v) is 6.45. The fourth-order valence-corrected chi connectivity index (χ4v) is 5.40. The van der Waals surface area contributed by atoms with Gasteiger partial charge in [0.25, 0.3) is 0 Å². The van der Waals surface area contributed by atoms with Gasteiger partial charge in [0.2, 0.25) is 0 Å². The average molecular weight is 547 g/mol. The van der Waals surface area contributed by atoms with E-state index >= 15 is 0 Å². The Labute approximate surface area is 198 Å². The van der Waals surface area contributed by atoms with Crippen LogP contribution in [0.3, 0.4) is 0 Å². The second-order valence-corrected chi connectivity index (χ2v) is 9.54. The van der Waals surface area contributed by atoms with Crippen molar-refractivity contribution in [2.24, 2.45) is 0 Å². The molecule has 0 radical (unpaired) electrons. The largest absolute Gasteiger partial charge is 0.397 e. The zero-order valence-electron chi connectivity index (χ0n) is 17.1. The van der Waals surface area contributed by atoms with Gasteiger partial charge in [0, 0.05) is 14.6 Å². The molecule has 3 aromatic rings. The third-order valence-electron chi connectivity index (χ3n) is 5.54. The fourth-order valence-electron chi connectivity index (χ4n) is 4.08. The summed E-state index contributed by atoms with van der Waals surface area (Å²) in [6.45, 7) is 3.70. The smallest absolute Gasteiger partial charge is 0.178 e. The number of hydrogen-bond donors (Lipinski definition) is 3. The van der Waals surface area contributed by atoms with E-state index in [1.807, 2.05) is 28.9 Å². The van der Waals surface area contributed by atoms with Gasteiger partial charge in [-0.15, -0.1) is 5.10 Å². The van der Waals surface area contributed by atoms with Crippen LogP contribution in [-0.2, 0) is 0 Å². The zero-order valence-corrected chi connectivity index (χ0v) is 20.2. The summed E-state index contributed by atoms with van der Waals surface area (Å²) in [5.41, 5.74) is 9.59. The van der Waals surface area contributed by atoms with Gasteiger partial charge in [-0.25, -0.2) is 4.68 Å². The van der Waals surface area contributed by atoms with Crippen molar-refractivity contribution in [1.29, 1.82) is 0 Å². The quantitative estimate of drug-likeness (QED) is 0.313. The van der Waals surface area contributed by atoms with Crippen molar-refractivity contribution in [3.05, 3.63) is 69.5 Å². The van der Waals surface area contributed by atoms with Gasteiger partial charge in [0.15, 0.2) is 5.82 Å². The predicted octanol–water partition coefficient (Wildman–Crippen LogP) is 6.04. The summed E-state index contributed by atoms with van der Waals surface area (Å²) < 4.78 is 3.96. The van der Waals surface area contributed by atoms with Crippen molar-refractivity contribution in [2.45, 2.75) is 44.2 Å². The number of anilines is 3. The van der Waals surface area contributed by atoms with E-state index in [0.29, 0.717) is 11.7 Å². The van der Waals surface area contributed by atoms with Gasteiger partial charge in [-0.3, -0.25) is 0 Å². The molecule has 0 saturated heterocycles. The Kier molecular flexibility index (Phi) is 6.92. The molecule has 0 amide bonds. The highest BCUT2D eigenvalue weighted by molar-refractivity contribution is 9.11. The molecule has 9 heteroatoms. The minimum absolute atomic E-state index is 0.247. The van der Waals surface area contributed by atoms with Crippen molar-refractivity contribution in [1.82, 2.24) is 20.2 Å². The molecular weight excluding hydrogens is 522 g/mol. The molecule has 31 heavy (non-hydrogen) atoms. The topological polar surface area (TPSA) is 93.7 Å². The first-order valence-corrected chi connectivity index (χ1v) is 11.9. The standard InChI is InChI=1S/C22H25Br2N7/c1-2-26-20-9-8-17(13-19(20)25)27-21(14-10-15(23)12-16(24)11-14)22-28-29-30-31(22)18-6-4-3-5-7-18/h2,8-13,18,21,26-27H,1,3-7,25H2. The summed E-state index contributed by atoms with van der Waals surface area (Å²) in [4.78, 5) is 0. The maximum absolute atomic E-state index is 6.22. The van der Waals surface area contributed by atoms with Crippen LogP contribution in [0.15, 0.2) is 58.1 Å². The van der Waals surface area contributed by atoms with Crippen LogP contribution < -0.4 is 16.4 Å². The number of nitrogen functional groups attached to an aromatic ring is 1. The molecule has 1 unspecified atom stereocenters. The number of rotatable bonds is 7. The highest BCUT2D eigenvalue weighted by atomic mass is 79.9. The molecular formula is C22H25Br2N7. The molecule has 1 aliphatic rings. The molecule has 4 rings (SSSR count). The lowest BCUT2D eigenvalue weighted by atomic mass is 9.95. The van der Waals surface area contributed by atoms with E-state index in [1.165, 1.54) is 19.3 Å². The third kappa shape index (κ3) is 5.10. The van der Waals surface area contributed by atoms with Crippen LogP contribution in [0, 0.1) is 0 Å². The number of tetrazole rings is 1. The van der Waals surface area contributed by atoms with Gasteiger partial charge in [-0.1, -0.05) is 57.7 Å². The molecule has 7 nitrogen and oxygen atoms in total. The van der Waals surface area contributed by atoms with Crippen molar-refractivity contribution < 1.29 is 0 Å². The molecule has 1 atom stereocenters. The number of halogens is 2. The van der Waals surface area contributed by atoms with Crippen LogP contribution in [0.25, 0.3) is 0 Å². The maximum Gasteiger partial charge on any atom is 0.178 e. The number of hydrogen-bond acceptors (Lipinski definition) is 6. The van der Waals surface area contributed by atoms with E-state index in [0.717, 1.165) is 44.5 Å². The Morgan fingerprint density at radius 1 is 1.10 bits per heavy atom. The Hall–Kier alpha value is -2.39. The van der Waals surface area contributed by atoms with Crippen LogP contribution in [0.2, 0.25) is 0 Å². The Morgan fingerprint density at radius 3 is 2.52 bits per heavy atom. The summed E-state index contributed by atoms with van der Waals surface area (Å²) in [5.74, 6) is 0.795. The van der Waals surface area contributed by atoms with E-state index in [-0.39, 0.29) is 6.04 Å². The van der Waals surface area contributed by atoms with Crippen LogP contribution >= 0.6 is 31.9 Å². The molecule has 162 valence electrons. The van der Waals surface area contributed by atoms with Gasteiger partial charge in [0.05, 0.1) is 17.4 Å². The van der Waals surface area contributed by atoms with E-state index < -0.39 is 0 Å². The van der Waals surface area contributed by atoms with Gasteiger partial charge in [-0.2, -0.15) is 0 Å². The second kappa shape index (κ2) is 9.82. The molecule has 0 spiro atoms. The molecule has 0 bridgehead atoms. The van der Waals surface area contributed by atoms with Gasteiger partial charge in [-0.05, 0) is 71.4 Å². The van der Waals surface area contributed by atoms with Crippen molar-refractivity contribution in [3.8, 4) is 0 Å². The predicted molar refractivity (Wildman–Crippen MR) is 132 cm³/mol. The number of benzene rings is 2. The summed E-state index contributed by atoms with van der Waals surface area (Å²) in [7, 11) is 0. The molecule has 2 aromatic carbocycles. The Morgan fingerprint density at radius 2 is 1.84 bits per heavy atom. The van der Waals surface area contributed by atoms with Crippen LogP contribution in [0.5, 0.6) is 0 Å². The molecule has 1 aromatic heterocycles. The lowest BCUT2D eigenvalue weighted by Gasteiger charge is -2.26. The van der Waals surface area contributed by atoms with Crippen LogP contribution in [0.4, 0.5) is 17.1 Å². The summed E-state index contributed by atoms with van der Waals surface area (Å²) in [6, 6.07) is 12.1. The summed E-state index contributed by atoms with van der Waals surface area (Å²) >= 11 is 7.22. The van der Waals surface area contributed by atoms with Gasteiger partial charge < -0.3 is 16.4 Å². The first-order valence-electron chi connectivity index (χ1n) is 10.3. The lowest BCUT2D eigenvalue weighted by Crippen LogP contribution is -2.23. The molecule has 1 fully saturated rings. The molecule has 4 N–H and O–H groups in total. The maximum atomic E-state index is 6.22. The fraction of sp³-hybridized carbons (Fsp3) is 0.318. The van der Waals surface area contributed by atoms with Crippen LogP contribution in [0.1, 0.15) is 55.6 Å². The number of aromatic nitrogens is 4. The number of nitrogens with zero attached hydrogens (tertiary/aromatic N) is 4. The first-order chi connectivity index (χ1) is 15.0. The Balaban J connectivity index is 1.73. The van der Waals surface area contributed by atoms with E-state index in [4.69, 9.17) is 5.73 Å². The average Bonchev–Trinajstić information content (AvgIpc) is 3.23. The minimum Gasteiger partial charge on any atom is -0.397 e. The highest BCUT2D eigenvalue weighted by Crippen LogP contribution is 2.35. The van der Waals surface area contributed by atoms with Crippen LogP contribution in [-0.4, -0.2) is 20.2 Å². The molecule has 1 saturated carbocycles. The monoisotopic (exact) mass is 545 g/mol. The minimum atomic E-state index is -0.247. The molecule has 0 aliphatic heterocycles.